The van der Waals surface area contributed by atoms with E-state index in [1.54, 1.807) is 0 Å². The molecule has 0 amide bonds. The minimum Gasteiger partial charge on any atom is -0.423 e. The lowest BCUT2D eigenvalue weighted by Crippen LogP contribution is -2.49. The van der Waals surface area contributed by atoms with Crippen LogP contribution in [0, 0.1) is 6.92 Å². The Morgan fingerprint density at radius 2 is 2.32 bits per heavy atom. The number of aryl methyl sites for hydroxylation is 1. The molecule has 1 saturated heterocycles. The van der Waals surface area contributed by atoms with Gasteiger partial charge in [0, 0.05) is 0 Å². The standard InChI is InChI=1S/C14H18N2O3/c1-9-3-4-13-12(5-9)15-14(19-13)16-6-11(7-17)18-8-10(16)2/h3-5,10-11,17H,6-8H2,1-2H3/t10-,11+/m1/s1. The summed E-state index contributed by atoms with van der Waals surface area (Å²) in [6.45, 7) is 5.29. The Hall–Kier alpha value is -1.59. The van der Waals surface area contributed by atoms with Crippen molar-refractivity contribution in [2.45, 2.75) is 26.0 Å². The summed E-state index contributed by atoms with van der Waals surface area (Å²) in [6, 6.07) is 6.76. The number of anilines is 1. The summed E-state index contributed by atoms with van der Waals surface area (Å²) < 4.78 is 11.3. The predicted octanol–water partition coefficient (Wildman–Crippen LogP) is 1.72. The highest BCUT2D eigenvalue weighted by molar-refractivity contribution is 5.75. The van der Waals surface area contributed by atoms with Crippen LogP contribution >= 0.6 is 0 Å². The first-order valence-electron chi connectivity index (χ1n) is 6.53. The Morgan fingerprint density at radius 3 is 3.11 bits per heavy atom. The highest BCUT2D eigenvalue weighted by atomic mass is 16.5. The number of benzene rings is 1. The lowest BCUT2D eigenvalue weighted by Gasteiger charge is -2.36. The molecule has 1 aromatic carbocycles. The van der Waals surface area contributed by atoms with Crippen molar-refractivity contribution in [1.29, 1.82) is 0 Å². The van der Waals surface area contributed by atoms with Crippen LogP contribution in [0.2, 0.25) is 0 Å². The Morgan fingerprint density at radius 1 is 1.47 bits per heavy atom. The third-order valence-electron chi connectivity index (χ3n) is 3.49. The summed E-state index contributed by atoms with van der Waals surface area (Å²) in [7, 11) is 0. The second-order valence-electron chi connectivity index (χ2n) is 5.11. The van der Waals surface area contributed by atoms with Crippen molar-refractivity contribution < 1.29 is 14.3 Å². The van der Waals surface area contributed by atoms with Crippen molar-refractivity contribution in [3.63, 3.8) is 0 Å². The third-order valence-corrected chi connectivity index (χ3v) is 3.49. The average Bonchev–Trinajstić information content (AvgIpc) is 2.82. The van der Waals surface area contributed by atoms with Crippen LogP contribution in [-0.4, -0.2) is 42.0 Å². The SMILES string of the molecule is Cc1ccc2oc(N3C[C@@H](CO)OC[C@H]3C)nc2c1. The van der Waals surface area contributed by atoms with Crippen molar-refractivity contribution in [2.24, 2.45) is 0 Å². The van der Waals surface area contributed by atoms with E-state index in [0.717, 1.165) is 16.7 Å². The van der Waals surface area contributed by atoms with Crippen molar-refractivity contribution in [1.82, 2.24) is 4.98 Å². The van der Waals surface area contributed by atoms with Crippen molar-refractivity contribution >= 4 is 17.1 Å². The number of rotatable bonds is 2. The molecule has 1 aliphatic rings. The van der Waals surface area contributed by atoms with E-state index in [9.17, 15) is 5.11 Å². The van der Waals surface area contributed by atoms with Gasteiger partial charge in [0.15, 0.2) is 5.58 Å². The van der Waals surface area contributed by atoms with Crippen LogP contribution in [0.1, 0.15) is 12.5 Å². The average molecular weight is 262 g/mol. The molecule has 5 nitrogen and oxygen atoms in total. The smallest absolute Gasteiger partial charge is 0.298 e. The fourth-order valence-electron chi connectivity index (χ4n) is 2.34. The van der Waals surface area contributed by atoms with Crippen LogP contribution in [0.15, 0.2) is 22.6 Å². The Labute approximate surface area is 111 Å². The minimum absolute atomic E-state index is 0.0164. The molecule has 19 heavy (non-hydrogen) atoms. The number of aliphatic hydroxyl groups excluding tert-OH is 1. The fraction of sp³-hybridized carbons (Fsp3) is 0.500. The van der Waals surface area contributed by atoms with E-state index in [2.05, 4.69) is 16.8 Å². The van der Waals surface area contributed by atoms with Crippen LogP contribution < -0.4 is 4.90 Å². The first-order chi connectivity index (χ1) is 9.17. The van der Waals surface area contributed by atoms with Gasteiger partial charge in [-0.05, 0) is 31.5 Å². The molecule has 1 fully saturated rings. The maximum absolute atomic E-state index is 9.22. The van der Waals surface area contributed by atoms with Gasteiger partial charge in [-0.2, -0.15) is 4.98 Å². The molecule has 2 aromatic rings. The maximum atomic E-state index is 9.22. The van der Waals surface area contributed by atoms with Gasteiger partial charge in [0.2, 0.25) is 0 Å². The van der Waals surface area contributed by atoms with Crippen LogP contribution in [0.3, 0.4) is 0 Å². The van der Waals surface area contributed by atoms with Gasteiger partial charge in [-0.3, -0.25) is 0 Å². The maximum Gasteiger partial charge on any atom is 0.298 e. The molecule has 5 heteroatoms. The lowest BCUT2D eigenvalue weighted by molar-refractivity contribution is -0.0117. The molecular formula is C14H18N2O3. The molecule has 2 atom stereocenters. The van der Waals surface area contributed by atoms with Gasteiger partial charge in [0.25, 0.3) is 6.01 Å². The van der Waals surface area contributed by atoms with Gasteiger partial charge in [-0.1, -0.05) is 6.07 Å². The first-order valence-corrected chi connectivity index (χ1v) is 6.53. The van der Waals surface area contributed by atoms with E-state index in [1.807, 2.05) is 25.1 Å². The van der Waals surface area contributed by atoms with E-state index in [1.165, 1.54) is 0 Å². The molecule has 3 rings (SSSR count). The summed E-state index contributed by atoms with van der Waals surface area (Å²) in [4.78, 5) is 6.59. The molecule has 1 aromatic heterocycles. The number of oxazole rings is 1. The predicted molar refractivity (Wildman–Crippen MR) is 72.4 cm³/mol. The monoisotopic (exact) mass is 262 g/mol. The highest BCUT2D eigenvalue weighted by Crippen LogP contribution is 2.26. The Kier molecular flexibility index (Phi) is 3.16. The number of ether oxygens (including phenoxy) is 1. The van der Waals surface area contributed by atoms with E-state index in [0.29, 0.717) is 19.2 Å². The van der Waals surface area contributed by atoms with E-state index in [4.69, 9.17) is 9.15 Å². The zero-order valence-electron chi connectivity index (χ0n) is 11.2. The summed E-state index contributed by atoms with van der Waals surface area (Å²) in [5.41, 5.74) is 2.82. The van der Waals surface area contributed by atoms with Gasteiger partial charge in [0.05, 0.1) is 31.9 Å². The van der Waals surface area contributed by atoms with Crippen LogP contribution in [-0.2, 0) is 4.74 Å². The second-order valence-corrected chi connectivity index (χ2v) is 5.11. The summed E-state index contributed by atoms with van der Waals surface area (Å²) in [6.07, 6.45) is -0.173. The lowest BCUT2D eigenvalue weighted by atomic mass is 10.2. The van der Waals surface area contributed by atoms with Gasteiger partial charge >= 0.3 is 0 Å². The molecule has 102 valence electrons. The largest absolute Gasteiger partial charge is 0.423 e. The summed E-state index contributed by atoms with van der Waals surface area (Å²) in [5, 5.41) is 9.22. The summed E-state index contributed by atoms with van der Waals surface area (Å²) in [5.74, 6) is 0. The molecule has 1 aliphatic heterocycles. The van der Waals surface area contributed by atoms with Crippen molar-refractivity contribution in [2.75, 3.05) is 24.7 Å². The Balaban J connectivity index is 1.93. The number of hydrogen-bond donors (Lipinski definition) is 1. The van der Waals surface area contributed by atoms with Crippen LogP contribution in [0.25, 0.3) is 11.1 Å². The number of morpholine rings is 1. The molecular weight excluding hydrogens is 244 g/mol. The molecule has 0 radical (unpaired) electrons. The molecule has 0 aliphatic carbocycles. The highest BCUT2D eigenvalue weighted by Gasteiger charge is 2.28. The van der Waals surface area contributed by atoms with Gasteiger partial charge in [-0.15, -0.1) is 0 Å². The van der Waals surface area contributed by atoms with Crippen LogP contribution in [0.5, 0.6) is 0 Å². The first kappa shape index (κ1) is 12.4. The fourth-order valence-corrected chi connectivity index (χ4v) is 2.34. The number of hydrogen-bond acceptors (Lipinski definition) is 5. The molecule has 1 N–H and O–H groups in total. The third kappa shape index (κ3) is 2.31. The molecule has 0 bridgehead atoms. The zero-order valence-corrected chi connectivity index (χ0v) is 11.2. The van der Waals surface area contributed by atoms with E-state index < -0.39 is 0 Å². The van der Waals surface area contributed by atoms with E-state index in [-0.39, 0.29) is 18.8 Å². The van der Waals surface area contributed by atoms with Gasteiger partial charge < -0.3 is 19.2 Å². The number of fused-ring (bicyclic) bond motifs is 1. The quantitative estimate of drug-likeness (QED) is 0.893. The topological polar surface area (TPSA) is 58.7 Å². The van der Waals surface area contributed by atoms with Gasteiger partial charge in [-0.25, -0.2) is 0 Å². The normalized spacial score (nSPS) is 24.1. The number of aliphatic hydroxyl groups is 1. The molecule has 0 unspecified atom stereocenters. The summed E-state index contributed by atoms with van der Waals surface area (Å²) >= 11 is 0. The van der Waals surface area contributed by atoms with Crippen molar-refractivity contribution in [3.05, 3.63) is 23.8 Å². The second kappa shape index (κ2) is 4.83. The Bertz CT molecular complexity index is 581. The molecule has 2 heterocycles. The van der Waals surface area contributed by atoms with E-state index >= 15 is 0 Å². The molecule has 0 saturated carbocycles. The molecule has 0 spiro atoms. The zero-order chi connectivity index (χ0) is 13.4. The number of nitrogens with zero attached hydrogens (tertiary/aromatic N) is 2. The van der Waals surface area contributed by atoms with Gasteiger partial charge in [0.1, 0.15) is 5.52 Å². The minimum atomic E-state index is -0.173. The van der Waals surface area contributed by atoms with Crippen molar-refractivity contribution in [3.8, 4) is 0 Å². The van der Waals surface area contributed by atoms with Crippen LogP contribution in [0.4, 0.5) is 6.01 Å². The number of aromatic nitrogens is 1.